The first-order valence-corrected chi connectivity index (χ1v) is 9.61. The molecule has 4 heteroatoms. The Morgan fingerprint density at radius 3 is 2.46 bits per heavy atom. The topological polar surface area (TPSA) is 39.7 Å². The number of ether oxygens (including phenoxy) is 3. The Hall–Kier alpha value is -2.98. The quantitative estimate of drug-likeness (QED) is 0.629. The molecule has 4 rings (SSSR count). The second-order valence-corrected chi connectivity index (χ2v) is 6.90. The highest BCUT2D eigenvalue weighted by molar-refractivity contribution is 5.43. The van der Waals surface area contributed by atoms with Gasteiger partial charge in [-0.3, -0.25) is 0 Å². The number of methoxy groups -OCH3 is 1. The third kappa shape index (κ3) is 4.46. The van der Waals surface area contributed by atoms with E-state index in [0.717, 1.165) is 54.5 Å². The smallest absolute Gasteiger partial charge is 0.161 e. The minimum atomic E-state index is 0.525. The highest BCUT2D eigenvalue weighted by Gasteiger charge is 2.12. The summed E-state index contributed by atoms with van der Waals surface area (Å²) in [5.41, 5.74) is 4.88. The predicted molar refractivity (Wildman–Crippen MR) is 110 cm³/mol. The molecule has 1 heterocycles. The van der Waals surface area contributed by atoms with Crippen LogP contribution in [-0.4, -0.2) is 13.7 Å². The SMILES string of the molecule is COc1cc(CNCc2ccc3c(c2)CCO3)ccc1OCc1ccccc1. The van der Waals surface area contributed by atoms with Gasteiger partial charge in [0.25, 0.3) is 0 Å². The van der Waals surface area contributed by atoms with E-state index in [-0.39, 0.29) is 0 Å². The van der Waals surface area contributed by atoms with Gasteiger partial charge in [-0.2, -0.15) is 0 Å². The van der Waals surface area contributed by atoms with E-state index in [0.29, 0.717) is 6.61 Å². The molecule has 0 amide bonds. The second kappa shape index (κ2) is 8.81. The first-order chi connectivity index (χ1) is 13.8. The van der Waals surface area contributed by atoms with Gasteiger partial charge in [0.15, 0.2) is 11.5 Å². The molecular formula is C24H25NO3. The van der Waals surface area contributed by atoms with Crippen LogP contribution >= 0.6 is 0 Å². The van der Waals surface area contributed by atoms with Crippen LogP contribution in [0.2, 0.25) is 0 Å². The molecule has 0 aromatic heterocycles. The average Bonchev–Trinajstić information content (AvgIpc) is 3.21. The fourth-order valence-electron chi connectivity index (χ4n) is 3.38. The van der Waals surface area contributed by atoms with Crippen LogP contribution in [0.1, 0.15) is 22.3 Å². The Bertz CT molecular complexity index is 924. The van der Waals surface area contributed by atoms with Gasteiger partial charge in [-0.25, -0.2) is 0 Å². The number of fused-ring (bicyclic) bond motifs is 1. The van der Waals surface area contributed by atoms with Crippen LogP contribution in [0.5, 0.6) is 17.2 Å². The largest absolute Gasteiger partial charge is 0.493 e. The normalized spacial score (nSPS) is 12.3. The van der Waals surface area contributed by atoms with Gasteiger partial charge >= 0.3 is 0 Å². The summed E-state index contributed by atoms with van der Waals surface area (Å²) < 4.78 is 17.0. The lowest BCUT2D eigenvalue weighted by molar-refractivity contribution is 0.284. The molecule has 144 valence electrons. The number of nitrogens with one attached hydrogen (secondary N) is 1. The number of rotatable bonds is 8. The van der Waals surface area contributed by atoms with Crippen LogP contribution in [-0.2, 0) is 26.1 Å². The molecule has 28 heavy (non-hydrogen) atoms. The summed E-state index contributed by atoms with van der Waals surface area (Å²) in [6, 6.07) is 22.6. The maximum absolute atomic E-state index is 5.93. The van der Waals surface area contributed by atoms with Crippen LogP contribution < -0.4 is 19.5 Å². The molecule has 0 aliphatic carbocycles. The zero-order valence-corrected chi connectivity index (χ0v) is 16.1. The predicted octanol–water partition coefficient (Wildman–Crippen LogP) is 4.50. The lowest BCUT2D eigenvalue weighted by Gasteiger charge is -2.13. The lowest BCUT2D eigenvalue weighted by atomic mass is 10.1. The van der Waals surface area contributed by atoms with E-state index in [4.69, 9.17) is 14.2 Å². The molecule has 3 aromatic rings. The van der Waals surface area contributed by atoms with E-state index in [1.807, 2.05) is 30.3 Å². The molecule has 0 radical (unpaired) electrons. The van der Waals surface area contributed by atoms with E-state index in [1.54, 1.807) is 7.11 Å². The number of hydrogen-bond donors (Lipinski definition) is 1. The molecule has 1 N–H and O–H groups in total. The minimum Gasteiger partial charge on any atom is -0.493 e. The standard InChI is InChI=1S/C24H25NO3/c1-26-24-14-20(8-10-23(24)28-17-18-5-3-2-4-6-18)16-25-15-19-7-9-22-21(13-19)11-12-27-22/h2-10,13-14,25H,11-12,15-17H2,1H3. The summed E-state index contributed by atoms with van der Waals surface area (Å²) in [4.78, 5) is 0. The average molecular weight is 375 g/mol. The Labute approximate surface area is 166 Å². The van der Waals surface area contributed by atoms with Crippen LogP contribution in [0.25, 0.3) is 0 Å². The van der Waals surface area contributed by atoms with Crippen molar-refractivity contribution in [1.82, 2.24) is 5.32 Å². The van der Waals surface area contributed by atoms with Crippen molar-refractivity contribution in [3.8, 4) is 17.2 Å². The molecule has 0 saturated heterocycles. The lowest BCUT2D eigenvalue weighted by Crippen LogP contribution is -2.13. The third-order valence-corrected chi connectivity index (χ3v) is 4.88. The minimum absolute atomic E-state index is 0.525. The maximum Gasteiger partial charge on any atom is 0.161 e. The summed E-state index contributed by atoms with van der Waals surface area (Å²) in [7, 11) is 1.68. The monoisotopic (exact) mass is 375 g/mol. The van der Waals surface area contributed by atoms with E-state index in [1.165, 1.54) is 11.1 Å². The van der Waals surface area contributed by atoms with Crippen LogP contribution in [0.15, 0.2) is 66.7 Å². The summed E-state index contributed by atoms with van der Waals surface area (Å²) in [6.07, 6.45) is 1.00. The van der Waals surface area contributed by atoms with E-state index in [9.17, 15) is 0 Å². The van der Waals surface area contributed by atoms with Gasteiger partial charge in [0.05, 0.1) is 13.7 Å². The van der Waals surface area contributed by atoms with Crippen molar-refractivity contribution in [1.29, 1.82) is 0 Å². The number of benzene rings is 3. The van der Waals surface area contributed by atoms with Gasteiger partial charge in [-0.15, -0.1) is 0 Å². The molecular weight excluding hydrogens is 350 g/mol. The van der Waals surface area contributed by atoms with Gasteiger partial charge in [0.1, 0.15) is 12.4 Å². The van der Waals surface area contributed by atoms with Gasteiger partial charge in [0.2, 0.25) is 0 Å². The molecule has 0 unspecified atom stereocenters. The van der Waals surface area contributed by atoms with Gasteiger partial charge in [0, 0.05) is 19.5 Å². The molecule has 0 spiro atoms. The molecule has 0 saturated carbocycles. The van der Waals surface area contributed by atoms with E-state index in [2.05, 4.69) is 41.7 Å². The maximum atomic E-state index is 5.93. The Kier molecular flexibility index (Phi) is 5.78. The zero-order chi connectivity index (χ0) is 19.2. The fraction of sp³-hybridized carbons (Fsp3) is 0.250. The van der Waals surface area contributed by atoms with E-state index < -0.39 is 0 Å². The Balaban J connectivity index is 1.33. The molecule has 4 nitrogen and oxygen atoms in total. The van der Waals surface area contributed by atoms with Crippen molar-refractivity contribution in [2.24, 2.45) is 0 Å². The molecule has 0 bridgehead atoms. The van der Waals surface area contributed by atoms with Crippen molar-refractivity contribution in [2.75, 3.05) is 13.7 Å². The Morgan fingerprint density at radius 2 is 1.64 bits per heavy atom. The van der Waals surface area contributed by atoms with E-state index >= 15 is 0 Å². The summed E-state index contributed by atoms with van der Waals surface area (Å²) in [5.74, 6) is 2.54. The molecule has 0 atom stereocenters. The summed E-state index contributed by atoms with van der Waals surface area (Å²) in [5, 5.41) is 3.50. The summed E-state index contributed by atoms with van der Waals surface area (Å²) >= 11 is 0. The molecule has 1 aliphatic heterocycles. The van der Waals surface area contributed by atoms with Crippen molar-refractivity contribution in [2.45, 2.75) is 26.1 Å². The highest BCUT2D eigenvalue weighted by atomic mass is 16.5. The first-order valence-electron chi connectivity index (χ1n) is 9.61. The second-order valence-electron chi connectivity index (χ2n) is 6.90. The highest BCUT2D eigenvalue weighted by Crippen LogP contribution is 2.29. The molecule has 1 aliphatic rings. The zero-order valence-electron chi connectivity index (χ0n) is 16.1. The van der Waals surface area contributed by atoms with Crippen LogP contribution in [0.4, 0.5) is 0 Å². The Morgan fingerprint density at radius 1 is 0.857 bits per heavy atom. The molecule has 3 aromatic carbocycles. The van der Waals surface area contributed by atoms with Crippen LogP contribution in [0, 0.1) is 0 Å². The number of hydrogen-bond acceptors (Lipinski definition) is 4. The van der Waals surface area contributed by atoms with Crippen molar-refractivity contribution in [3.63, 3.8) is 0 Å². The first kappa shape index (κ1) is 18.4. The van der Waals surface area contributed by atoms with Gasteiger partial charge in [-0.05, 0) is 40.5 Å². The van der Waals surface area contributed by atoms with Gasteiger partial charge < -0.3 is 19.5 Å². The fourth-order valence-corrected chi connectivity index (χ4v) is 3.38. The third-order valence-electron chi connectivity index (χ3n) is 4.88. The summed E-state index contributed by atoms with van der Waals surface area (Å²) in [6.45, 7) is 2.91. The van der Waals surface area contributed by atoms with Crippen molar-refractivity contribution < 1.29 is 14.2 Å². The van der Waals surface area contributed by atoms with Gasteiger partial charge in [-0.1, -0.05) is 48.5 Å². The van der Waals surface area contributed by atoms with Crippen LogP contribution in [0.3, 0.4) is 0 Å². The molecule has 0 fully saturated rings. The van der Waals surface area contributed by atoms with Crippen molar-refractivity contribution >= 4 is 0 Å². The van der Waals surface area contributed by atoms with Crippen molar-refractivity contribution in [3.05, 3.63) is 89.0 Å².